The Hall–Kier alpha value is -1.60. The van der Waals surface area contributed by atoms with Gasteiger partial charge in [0.15, 0.2) is 9.84 Å². The number of hydrogen-bond acceptors (Lipinski definition) is 6. The summed E-state index contributed by atoms with van der Waals surface area (Å²) in [4.78, 5) is 12.1. The number of ether oxygens (including phenoxy) is 2. The highest BCUT2D eigenvalue weighted by atomic mass is 32.2. The van der Waals surface area contributed by atoms with E-state index < -0.39 is 20.6 Å². The molecule has 1 aliphatic rings. The fraction of sp³-hybridized carbons (Fsp3) is 0.400. The lowest BCUT2D eigenvalue weighted by atomic mass is 9.93. The van der Waals surface area contributed by atoms with Gasteiger partial charge < -0.3 is 9.47 Å². The molecule has 0 radical (unpaired) electrons. The highest BCUT2D eigenvalue weighted by Gasteiger charge is 2.42. The first-order valence-electron chi connectivity index (χ1n) is 6.75. The third-order valence-corrected chi connectivity index (χ3v) is 7.37. The molecule has 1 aliphatic heterocycles. The lowest BCUT2D eigenvalue weighted by molar-refractivity contribution is 0.0606. The average molecular weight is 340 g/mol. The predicted molar refractivity (Wildman–Crippen MR) is 85.5 cm³/mol. The van der Waals surface area contributed by atoms with Gasteiger partial charge in [-0.2, -0.15) is 0 Å². The van der Waals surface area contributed by atoms with E-state index in [0.29, 0.717) is 29.2 Å². The lowest BCUT2D eigenvalue weighted by Gasteiger charge is -2.34. The molecule has 0 bridgehead atoms. The SMILES string of the molecule is COC(=O)c1cc2cc3c(cc2s1)OCCC3(C)S(C)(=O)=O. The Balaban J connectivity index is 2.23. The van der Waals surface area contributed by atoms with Gasteiger partial charge in [0.2, 0.25) is 0 Å². The Bertz CT molecular complexity index is 865. The van der Waals surface area contributed by atoms with Gasteiger partial charge >= 0.3 is 5.97 Å². The van der Waals surface area contributed by atoms with Gasteiger partial charge in [0.25, 0.3) is 0 Å². The molecule has 7 heteroatoms. The Morgan fingerprint density at radius 2 is 2.09 bits per heavy atom. The highest BCUT2D eigenvalue weighted by molar-refractivity contribution is 7.91. The van der Waals surface area contributed by atoms with E-state index in [1.165, 1.54) is 24.7 Å². The van der Waals surface area contributed by atoms with Crippen molar-refractivity contribution in [2.75, 3.05) is 20.0 Å². The second-order valence-electron chi connectivity index (χ2n) is 5.59. The second kappa shape index (κ2) is 4.96. The van der Waals surface area contributed by atoms with Gasteiger partial charge in [-0.05, 0) is 30.5 Å². The minimum Gasteiger partial charge on any atom is -0.493 e. The van der Waals surface area contributed by atoms with E-state index in [2.05, 4.69) is 0 Å². The zero-order valence-corrected chi connectivity index (χ0v) is 14.1. The van der Waals surface area contributed by atoms with Crippen LogP contribution in [0.25, 0.3) is 10.1 Å². The number of methoxy groups -OCH3 is 1. The van der Waals surface area contributed by atoms with E-state index >= 15 is 0 Å². The van der Waals surface area contributed by atoms with E-state index in [1.54, 1.807) is 13.0 Å². The van der Waals surface area contributed by atoms with Crippen LogP contribution in [0.4, 0.5) is 0 Å². The molecule has 0 spiro atoms. The quantitative estimate of drug-likeness (QED) is 0.786. The third kappa shape index (κ3) is 2.19. The molecule has 0 N–H and O–H groups in total. The van der Waals surface area contributed by atoms with E-state index in [1.807, 2.05) is 12.1 Å². The van der Waals surface area contributed by atoms with Crippen molar-refractivity contribution in [2.45, 2.75) is 18.1 Å². The van der Waals surface area contributed by atoms with Gasteiger partial charge in [0, 0.05) is 22.9 Å². The van der Waals surface area contributed by atoms with Crippen LogP contribution < -0.4 is 4.74 Å². The predicted octanol–water partition coefficient (Wildman–Crippen LogP) is 2.73. The van der Waals surface area contributed by atoms with Crippen LogP contribution in [0.15, 0.2) is 18.2 Å². The molecule has 3 rings (SSSR count). The summed E-state index contributed by atoms with van der Waals surface area (Å²) >= 11 is 1.31. The first kappa shape index (κ1) is 15.3. The molecule has 2 heterocycles. The third-order valence-electron chi connectivity index (χ3n) is 4.23. The van der Waals surface area contributed by atoms with E-state index in [9.17, 15) is 13.2 Å². The van der Waals surface area contributed by atoms with Gasteiger partial charge in [0.1, 0.15) is 15.4 Å². The molecule has 0 amide bonds. The molecule has 0 saturated carbocycles. The number of esters is 1. The summed E-state index contributed by atoms with van der Waals surface area (Å²) in [5.74, 6) is 0.177. The maximum absolute atomic E-state index is 12.2. The van der Waals surface area contributed by atoms with Crippen molar-refractivity contribution in [1.29, 1.82) is 0 Å². The standard InChI is InChI=1S/C15H16O5S2/c1-15(22(3,17)18)4-5-20-11-8-12-9(6-10(11)15)7-13(21-12)14(16)19-2/h6-8H,4-5H2,1-3H3. The monoisotopic (exact) mass is 340 g/mol. The largest absolute Gasteiger partial charge is 0.493 e. The zero-order chi connectivity index (χ0) is 16.1. The number of carbonyl (C=O) groups is 1. The topological polar surface area (TPSA) is 69.7 Å². The summed E-state index contributed by atoms with van der Waals surface area (Å²) in [5, 5.41) is 0.824. The molecule has 0 aliphatic carbocycles. The van der Waals surface area contributed by atoms with Gasteiger partial charge in [-0.25, -0.2) is 13.2 Å². The average Bonchev–Trinajstić information content (AvgIpc) is 2.86. The molecule has 0 fully saturated rings. The number of rotatable bonds is 2. The van der Waals surface area contributed by atoms with Gasteiger partial charge in [0.05, 0.1) is 13.7 Å². The molecular weight excluding hydrogens is 324 g/mol. The van der Waals surface area contributed by atoms with Crippen LogP contribution in [-0.2, 0) is 19.3 Å². The molecule has 1 aromatic heterocycles. The van der Waals surface area contributed by atoms with E-state index in [4.69, 9.17) is 9.47 Å². The first-order chi connectivity index (χ1) is 10.3. The molecule has 5 nitrogen and oxygen atoms in total. The summed E-state index contributed by atoms with van der Waals surface area (Å²) < 4.78 is 34.8. The Morgan fingerprint density at radius 3 is 2.73 bits per heavy atom. The number of thiophene rings is 1. The molecule has 118 valence electrons. The number of benzene rings is 1. The fourth-order valence-electron chi connectivity index (χ4n) is 2.68. The molecule has 1 aromatic carbocycles. The maximum Gasteiger partial charge on any atom is 0.348 e. The molecule has 1 atom stereocenters. The van der Waals surface area contributed by atoms with Crippen LogP contribution in [0.2, 0.25) is 0 Å². The van der Waals surface area contributed by atoms with Crippen LogP contribution in [0.3, 0.4) is 0 Å². The van der Waals surface area contributed by atoms with Crippen LogP contribution >= 0.6 is 11.3 Å². The second-order valence-corrected chi connectivity index (χ2v) is 9.12. The summed E-state index contributed by atoms with van der Waals surface area (Å²) in [5.41, 5.74) is 0.656. The van der Waals surface area contributed by atoms with Crippen molar-refractivity contribution in [1.82, 2.24) is 0 Å². The Kier molecular flexibility index (Phi) is 3.45. The van der Waals surface area contributed by atoms with Crippen molar-refractivity contribution in [3.8, 4) is 5.75 Å². The first-order valence-corrected chi connectivity index (χ1v) is 9.46. The van der Waals surface area contributed by atoms with Gasteiger partial charge in [-0.15, -0.1) is 11.3 Å². The fourth-order valence-corrected chi connectivity index (χ4v) is 4.68. The summed E-state index contributed by atoms with van der Waals surface area (Å²) in [6.45, 7) is 2.08. The molecule has 2 aromatic rings. The lowest BCUT2D eigenvalue weighted by Crippen LogP contribution is -2.37. The number of sulfone groups is 1. The number of fused-ring (bicyclic) bond motifs is 2. The van der Waals surface area contributed by atoms with Gasteiger partial charge in [-0.3, -0.25) is 0 Å². The molecular formula is C15H16O5S2. The van der Waals surface area contributed by atoms with Gasteiger partial charge in [-0.1, -0.05) is 0 Å². The van der Waals surface area contributed by atoms with Crippen LogP contribution in [0, 0.1) is 0 Å². The molecule has 22 heavy (non-hydrogen) atoms. The highest BCUT2D eigenvalue weighted by Crippen LogP contribution is 2.45. The summed E-state index contributed by atoms with van der Waals surface area (Å²) in [6, 6.07) is 5.35. The van der Waals surface area contributed by atoms with Crippen molar-refractivity contribution in [3.63, 3.8) is 0 Å². The summed E-state index contributed by atoms with van der Waals surface area (Å²) in [7, 11) is -1.95. The van der Waals surface area contributed by atoms with Crippen molar-refractivity contribution < 1.29 is 22.7 Å². The minimum absolute atomic E-state index is 0.358. The minimum atomic E-state index is -3.29. The number of carbonyl (C=O) groups excluding carboxylic acids is 1. The van der Waals surface area contributed by atoms with Crippen molar-refractivity contribution >= 4 is 37.2 Å². The number of hydrogen-bond donors (Lipinski definition) is 0. The summed E-state index contributed by atoms with van der Waals surface area (Å²) in [6.07, 6.45) is 1.66. The molecule has 1 unspecified atom stereocenters. The van der Waals surface area contributed by atoms with E-state index in [0.717, 1.165) is 10.1 Å². The van der Waals surface area contributed by atoms with Crippen molar-refractivity contribution in [3.05, 3.63) is 28.6 Å². The van der Waals surface area contributed by atoms with Crippen LogP contribution in [0.5, 0.6) is 5.75 Å². The maximum atomic E-state index is 12.2. The Morgan fingerprint density at radius 1 is 1.36 bits per heavy atom. The van der Waals surface area contributed by atoms with Crippen LogP contribution in [0.1, 0.15) is 28.6 Å². The van der Waals surface area contributed by atoms with Crippen molar-refractivity contribution in [2.24, 2.45) is 0 Å². The normalized spacial score (nSPS) is 21.2. The smallest absolute Gasteiger partial charge is 0.348 e. The molecule has 0 saturated heterocycles. The van der Waals surface area contributed by atoms with Crippen LogP contribution in [-0.4, -0.2) is 34.4 Å². The zero-order valence-electron chi connectivity index (χ0n) is 12.5. The van der Waals surface area contributed by atoms with E-state index in [-0.39, 0.29) is 0 Å². The Labute approximate surface area is 132 Å².